The second-order valence-electron chi connectivity index (χ2n) is 5.46. The third-order valence-corrected chi connectivity index (χ3v) is 4.23. The van der Waals surface area contributed by atoms with Crippen LogP contribution in [0.4, 0.5) is 0 Å². The van der Waals surface area contributed by atoms with Gasteiger partial charge in [-0.2, -0.15) is 0 Å². The van der Waals surface area contributed by atoms with E-state index in [9.17, 15) is 4.79 Å². The lowest BCUT2D eigenvalue weighted by molar-refractivity contribution is 0.0972. The summed E-state index contributed by atoms with van der Waals surface area (Å²) < 4.78 is 5.48. The summed E-state index contributed by atoms with van der Waals surface area (Å²) in [5.41, 5.74) is 2.41. The van der Waals surface area contributed by atoms with Crippen LogP contribution in [0.15, 0.2) is 78.9 Å². The van der Waals surface area contributed by atoms with Crippen LogP contribution in [0.25, 0.3) is 0 Å². The van der Waals surface area contributed by atoms with Gasteiger partial charge in [0.05, 0.1) is 13.0 Å². The zero-order valence-electron chi connectivity index (χ0n) is 13.3. The standard InChI is InChI=1S/C21H17ClO2/c1-24-19-10-6-5-9-18(19)20(15-7-3-2-4-8-15)21(23)16-11-13-17(22)14-12-16/h2-14,20H,1H3. The molecule has 0 saturated heterocycles. The molecule has 3 rings (SSSR count). The predicted octanol–water partition coefficient (Wildman–Crippen LogP) is 5.36. The number of Topliss-reactive ketones (excluding diaryl/α,β-unsaturated/α-hetero) is 1. The number of hydrogen-bond acceptors (Lipinski definition) is 2. The third-order valence-electron chi connectivity index (χ3n) is 3.97. The van der Waals surface area contributed by atoms with E-state index in [0.29, 0.717) is 16.3 Å². The fourth-order valence-corrected chi connectivity index (χ4v) is 2.93. The van der Waals surface area contributed by atoms with Gasteiger partial charge in [0.25, 0.3) is 0 Å². The molecule has 0 aromatic heterocycles. The monoisotopic (exact) mass is 336 g/mol. The zero-order chi connectivity index (χ0) is 16.9. The summed E-state index contributed by atoms with van der Waals surface area (Å²) in [4.78, 5) is 13.2. The lowest BCUT2D eigenvalue weighted by atomic mass is 9.84. The van der Waals surface area contributed by atoms with Crippen LogP contribution >= 0.6 is 11.6 Å². The van der Waals surface area contributed by atoms with Crippen molar-refractivity contribution in [3.63, 3.8) is 0 Å². The molecule has 0 bridgehead atoms. The SMILES string of the molecule is COc1ccccc1C(C(=O)c1ccc(Cl)cc1)c1ccccc1. The van der Waals surface area contributed by atoms with Crippen molar-refractivity contribution in [1.29, 1.82) is 0 Å². The summed E-state index contributed by atoms with van der Waals surface area (Å²) in [6.45, 7) is 0. The van der Waals surface area contributed by atoms with Crippen molar-refractivity contribution in [2.24, 2.45) is 0 Å². The van der Waals surface area contributed by atoms with E-state index in [1.165, 1.54) is 0 Å². The molecule has 3 aromatic carbocycles. The van der Waals surface area contributed by atoms with Crippen LogP contribution in [0.1, 0.15) is 27.4 Å². The van der Waals surface area contributed by atoms with Gasteiger partial charge in [-0.05, 0) is 35.9 Å². The van der Waals surface area contributed by atoms with Crippen molar-refractivity contribution >= 4 is 17.4 Å². The highest BCUT2D eigenvalue weighted by atomic mass is 35.5. The van der Waals surface area contributed by atoms with Crippen LogP contribution < -0.4 is 4.74 Å². The van der Waals surface area contributed by atoms with Gasteiger partial charge in [-0.3, -0.25) is 4.79 Å². The Morgan fingerprint density at radius 1 is 0.875 bits per heavy atom. The van der Waals surface area contributed by atoms with Crippen molar-refractivity contribution in [3.8, 4) is 5.75 Å². The van der Waals surface area contributed by atoms with Gasteiger partial charge < -0.3 is 4.74 Å². The molecule has 0 aliphatic rings. The van der Waals surface area contributed by atoms with E-state index in [-0.39, 0.29) is 5.78 Å². The van der Waals surface area contributed by atoms with Crippen molar-refractivity contribution < 1.29 is 9.53 Å². The van der Waals surface area contributed by atoms with Gasteiger partial charge in [0.2, 0.25) is 0 Å². The number of para-hydroxylation sites is 1. The molecule has 0 saturated carbocycles. The van der Waals surface area contributed by atoms with E-state index in [1.807, 2.05) is 54.6 Å². The topological polar surface area (TPSA) is 26.3 Å². The molecule has 0 aliphatic heterocycles. The molecule has 3 heteroatoms. The molecule has 1 atom stereocenters. The highest BCUT2D eigenvalue weighted by Crippen LogP contribution is 2.34. The fraction of sp³-hybridized carbons (Fsp3) is 0.0952. The molecule has 0 spiro atoms. The Bertz CT molecular complexity index is 826. The summed E-state index contributed by atoms with van der Waals surface area (Å²) in [6.07, 6.45) is 0. The van der Waals surface area contributed by atoms with E-state index < -0.39 is 5.92 Å². The number of methoxy groups -OCH3 is 1. The summed E-state index contributed by atoms with van der Waals surface area (Å²) in [7, 11) is 1.62. The molecule has 0 radical (unpaired) electrons. The van der Waals surface area contributed by atoms with E-state index in [2.05, 4.69) is 0 Å². The number of halogens is 1. The highest BCUT2D eigenvalue weighted by molar-refractivity contribution is 6.30. The smallest absolute Gasteiger partial charge is 0.174 e. The Labute approximate surface area is 146 Å². The van der Waals surface area contributed by atoms with Crippen LogP contribution in [0.3, 0.4) is 0 Å². The number of hydrogen-bond donors (Lipinski definition) is 0. The van der Waals surface area contributed by atoms with Gasteiger partial charge >= 0.3 is 0 Å². The molecular weight excluding hydrogens is 320 g/mol. The van der Waals surface area contributed by atoms with E-state index in [0.717, 1.165) is 11.1 Å². The Kier molecular flexibility index (Phi) is 4.97. The highest BCUT2D eigenvalue weighted by Gasteiger charge is 2.26. The van der Waals surface area contributed by atoms with Gasteiger partial charge in [0, 0.05) is 16.1 Å². The number of carbonyl (C=O) groups excluding carboxylic acids is 1. The molecule has 2 nitrogen and oxygen atoms in total. The lowest BCUT2D eigenvalue weighted by Crippen LogP contribution is -2.15. The van der Waals surface area contributed by atoms with Crippen LogP contribution in [0.5, 0.6) is 5.75 Å². The first-order valence-electron chi connectivity index (χ1n) is 7.68. The Hall–Kier alpha value is -2.58. The van der Waals surface area contributed by atoms with Crippen molar-refractivity contribution in [2.45, 2.75) is 5.92 Å². The third kappa shape index (κ3) is 3.34. The summed E-state index contributed by atoms with van der Waals surface area (Å²) in [6, 6.07) is 24.4. The second-order valence-corrected chi connectivity index (χ2v) is 5.89. The zero-order valence-corrected chi connectivity index (χ0v) is 14.0. The number of benzene rings is 3. The van der Waals surface area contributed by atoms with Gasteiger partial charge in [0.15, 0.2) is 5.78 Å². The average Bonchev–Trinajstić information content (AvgIpc) is 2.64. The average molecular weight is 337 g/mol. The predicted molar refractivity (Wildman–Crippen MR) is 97.1 cm³/mol. The normalized spacial score (nSPS) is 11.8. The Morgan fingerprint density at radius 2 is 1.50 bits per heavy atom. The molecule has 0 aliphatic carbocycles. The first-order valence-corrected chi connectivity index (χ1v) is 8.06. The number of rotatable bonds is 5. The fourth-order valence-electron chi connectivity index (χ4n) is 2.80. The lowest BCUT2D eigenvalue weighted by Gasteiger charge is -2.19. The summed E-state index contributed by atoms with van der Waals surface area (Å²) in [5.74, 6) is 0.291. The molecule has 3 aromatic rings. The maximum atomic E-state index is 13.2. The minimum atomic E-state index is -0.427. The Balaban J connectivity index is 2.12. The van der Waals surface area contributed by atoms with Crippen LogP contribution in [0.2, 0.25) is 5.02 Å². The van der Waals surface area contributed by atoms with Gasteiger partial charge in [-0.15, -0.1) is 0 Å². The molecule has 120 valence electrons. The van der Waals surface area contributed by atoms with Crippen molar-refractivity contribution in [1.82, 2.24) is 0 Å². The first kappa shape index (κ1) is 16.3. The van der Waals surface area contributed by atoms with Crippen molar-refractivity contribution in [3.05, 3.63) is 101 Å². The van der Waals surface area contributed by atoms with Crippen LogP contribution in [-0.2, 0) is 0 Å². The minimum absolute atomic E-state index is 0.0161. The minimum Gasteiger partial charge on any atom is -0.496 e. The van der Waals surface area contributed by atoms with E-state index in [1.54, 1.807) is 31.4 Å². The molecular formula is C21H17ClO2. The largest absolute Gasteiger partial charge is 0.496 e. The number of ketones is 1. The molecule has 0 amide bonds. The van der Waals surface area contributed by atoms with Gasteiger partial charge in [-0.25, -0.2) is 0 Å². The van der Waals surface area contributed by atoms with Gasteiger partial charge in [0.1, 0.15) is 5.75 Å². The van der Waals surface area contributed by atoms with Crippen LogP contribution in [0, 0.1) is 0 Å². The van der Waals surface area contributed by atoms with Crippen LogP contribution in [-0.4, -0.2) is 12.9 Å². The van der Waals surface area contributed by atoms with E-state index >= 15 is 0 Å². The molecule has 24 heavy (non-hydrogen) atoms. The Morgan fingerprint density at radius 3 is 2.17 bits per heavy atom. The number of carbonyl (C=O) groups is 1. The molecule has 0 N–H and O–H groups in total. The number of ether oxygens (including phenoxy) is 1. The second kappa shape index (κ2) is 7.33. The molecule has 1 unspecified atom stereocenters. The molecule has 0 heterocycles. The summed E-state index contributed by atoms with van der Waals surface area (Å²) in [5, 5.41) is 0.611. The van der Waals surface area contributed by atoms with Gasteiger partial charge in [-0.1, -0.05) is 60.1 Å². The quantitative estimate of drug-likeness (QED) is 0.586. The first-order chi connectivity index (χ1) is 11.7. The molecule has 0 fully saturated rings. The van der Waals surface area contributed by atoms with Crippen molar-refractivity contribution in [2.75, 3.05) is 7.11 Å². The van der Waals surface area contributed by atoms with E-state index in [4.69, 9.17) is 16.3 Å². The summed E-state index contributed by atoms with van der Waals surface area (Å²) >= 11 is 5.95. The maximum absolute atomic E-state index is 13.2. The maximum Gasteiger partial charge on any atom is 0.174 e.